The molecular formula is C16H29N. The van der Waals surface area contributed by atoms with Gasteiger partial charge in [-0.05, 0) is 70.3 Å². The van der Waals surface area contributed by atoms with E-state index in [2.05, 4.69) is 25.2 Å². The minimum Gasteiger partial charge on any atom is -0.314 e. The Bertz CT molecular complexity index is 244. The normalized spacial score (nSPS) is 30.6. The van der Waals surface area contributed by atoms with Crippen LogP contribution in [0.15, 0.2) is 11.6 Å². The Hall–Kier alpha value is -0.300. The van der Waals surface area contributed by atoms with Crippen LogP contribution in [0.2, 0.25) is 0 Å². The second kappa shape index (κ2) is 6.58. The Labute approximate surface area is 107 Å². The minimum absolute atomic E-state index is 0.865. The maximum atomic E-state index is 3.59. The van der Waals surface area contributed by atoms with E-state index < -0.39 is 0 Å². The quantitative estimate of drug-likeness (QED) is 0.535. The SMILES string of the molecule is CCC1CCC(C(C)=CCCNC2CC2)CC1. The van der Waals surface area contributed by atoms with E-state index in [-0.39, 0.29) is 0 Å². The summed E-state index contributed by atoms with van der Waals surface area (Å²) in [7, 11) is 0. The summed E-state index contributed by atoms with van der Waals surface area (Å²) < 4.78 is 0. The first-order valence-electron chi connectivity index (χ1n) is 7.69. The smallest absolute Gasteiger partial charge is 0.00683 e. The van der Waals surface area contributed by atoms with Crippen LogP contribution in [0.25, 0.3) is 0 Å². The van der Waals surface area contributed by atoms with Crippen LogP contribution < -0.4 is 5.32 Å². The van der Waals surface area contributed by atoms with Gasteiger partial charge in [-0.15, -0.1) is 0 Å². The standard InChI is InChI=1S/C16H29N/c1-3-14-6-8-15(9-7-14)13(2)5-4-12-17-16-10-11-16/h5,14-17H,3-4,6-12H2,1-2H3. The highest BCUT2D eigenvalue weighted by Gasteiger charge is 2.21. The third-order valence-corrected chi connectivity index (χ3v) is 4.69. The molecule has 0 saturated heterocycles. The van der Waals surface area contributed by atoms with Crippen LogP contribution in [0.1, 0.15) is 65.2 Å². The number of allylic oxidation sites excluding steroid dienone is 1. The van der Waals surface area contributed by atoms with E-state index in [1.165, 1.54) is 57.9 Å². The molecule has 2 saturated carbocycles. The number of nitrogens with one attached hydrogen (secondary N) is 1. The summed E-state index contributed by atoms with van der Waals surface area (Å²) in [5.74, 6) is 1.93. The molecule has 0 radical (unpaired) electrons. The van der Waals surface area contributed by atoms with E-state index >= 15 is 0 Å². The molecule has 0 spiro atoms. The molecule has 0 amide bonds. The first-order valence-corrected chi connectivity index (χ1v) is 7.69. The summed E-state index contributed by atoms with van der Waals surface area (Å²) in [6.07, 6.45) is 13.7. The zero-order chi connectivity index (χ0) is 12.1. The van der Waals surface area contributed by atoms with Crippen molar-refractivity contribution in [3.63, 3.8) is 0 Å². The van der Waals surface area contributed by atoms with Gasteiger partial charge in [-0.3, -0.25) is 0 Å². The van der Waals surface area contributed by atoms with E-state index in [1.54, 1.807) is 5.57 Å². The minimum atomic E-state index is 0.865. The van der Waals surface area contributed by atoms with Gasteiger partial charge in [-0.2, -0.15) is 0 Å². The molecule has 98 valence electrons. The Morgan fingerprint density at radius 2 is 1.82 bits per heavy atom. The number of hydrogen-bond donors (Lipinski definition) is 1. The molecule has 0 unspecified atom stereocenters. The van der Waals surface area contributed by atoms with E-state index in [0.717, 1.165) is 17.9 Å². The molecule has 2 rings (SSSR count). The lowest BCUT2D eigenvalue weighted by atomic mass is 9.78. The van der Waals surface area contributed by atoms with Gasteiger partial charge in [-0.1, -0.05) is 25.0 Å². The molecule has 0 aromatic rings. The molecule has 2 fully saturated rings. The molecule has 2 aliphatic carbocycles. The van der Waals surface area contributed by atoms with Crippen LogP contribution in [0.4, 0.5) is 0 Å². The molecule has 1 N–H and O–H groups in total. The van der Waals surface area contributed by atoms with Crippen molar-refractivity contribution in [2.45, 2.75) is 71.3 Å². The lowest BCUT2D eigenvalue weighted by Crippen LogP contribution is -2.17. The molecule has 2 aliphatic rings. The first-order chi connectivity index (χ1) is 8.29. The predicted molar refractivity (Wildman–Crippen MR) is 75.1 cm³/mol. The topological polar surface area (TPSA) is 12.0 Å². The first kappa shape index (κ1) is 13.1. The lowest BCUT2D eigenvalue weighted by Gasteiger charge is -2.28. The Balaban J connectivity index is 1.63. The maximum absolute atomic E-state index is 3.59. The van der Waals surface area contributed by atoms with Crippen molar-refractivity contribution >= 4 is 0 Å². The summed E-state index contributed by atoms with van der Waals surface area (Å²) in [5.41, 5.74) is 1.66. The highest BCUT2D eigenvalue weighted by atomic mass is 14.9. The second-order valence-electron chi connectivity index (χ2n) is 6.09. The Kier molecular flexibility index (Phi) is 5.09. The molecule has 0 atom stereocenters. The average molecular weight is 235 g/mol. The van der Waals surface area contributed by atoms with Gasteiger partial charge < -0.3 is 5.32 Å². The van der Waals surface area contributed by atoms with Gasteiger partial charge in [0.2, 0.25) is 0 Å². The zero-order valence-electron chi connectivity index (χ0n) is 11.7. The van der Waals surface area contributed by atoms with Crippen molar-refractivity contribution in [2.24, 2.45) is 11.8 Å². The molecule has 17 heavy (non-hydrogen) atoms. The summed E-state index contributed by atoms with van der Waals surface area (Å²) in [6, 6.07) is 0.865. The third-order valence-electron chi connectivity index (χ3n) is 4.69. The largest absolute Gasteiger partial charge is 0.314 e. The van der Waals surface area contributed by atoms with Gasteiger partial charge in [0.15, 0.2) is 0 Å². The molecule has 0 bridgehead atoms. The second-order valence-corrected chi connectivity index (χ2v) is 6.09. The van der Waals surface area contributed by atoms with Crippen LogP contribution in [0, 0.1) is 11.8 Å². The molecule has 1 heteroatoms. The van der Waals surface area contributed by atoms with Crippen LogP contribution in [-0.4, -0.2) is 12.6 Å². The maximum Gasteiger partial charge on any atom is 0.00683 e. The highest BCUT2D eigenvalue weighted by molar-refractivity contribution is 5.05. The van der Waals surface area contributed by atoms with E-state index in [0.29, 0.717) is 0 Å². The third kappa shape index (κ3) is 4.46. The molecule has 0 aromatic carbocycles. The summed E-state index contributed by atoms with van der Waals surface area (Å²) >= 11 is 0. The fourth-order valence-corrected chi connectivity index (χ4v) is 3.07. The molecule has 0 aromatic heterocycles. The van der Waals surface area contributed by atoms with Gasteiger partial charge >= 0.3 is 0 Å². The van der Waals surface area contributed by atoms with Crippen LogP contribution >= 0.6 is 0 Å². The van der Waals surface area contributed by atoms with Crippen molar-refractivity contribution in [1.29, 1.82) is 0 Å². The monoisotopic (exact) mass is 235 g/mol. The van der Waals surface area contributed by atoms with E-state index in [4.69, 9.17) is 0 Å². The molecule has 1 nitrogen and oxygen atoms in total. The van der Waals surface area contributed by atoms with E-state index in [1.807, 2.05) is 0 Å². The van der Waals surface area contributed by atoms with E-state index in [9.17, 15) is 0 Å². The van der Waals surface area contributed by atoms with Crippen molar-refractivity contribution in [3.8, 4) is 0 Å². The van der Waals surface area contributed by atoms with Crippen molar-refractivity contribution in [1.82, 2.24) is 5.32 Å². The molecular weight excluding hydrogens is 206 g/mol. The lowest BCUT2D eigenvalue weighted by molar-refractivity contribution is 0.294. The fraction of sp³-hybridized carbons (Fsp3) is 0.875. The summed E-state index contributed by atoms with van der Waals surface area (Å²) in [5, 5.41) is 3.59. The Morgan fingerprint density at radius 1 is 1.12 bits per heavy atom. The van der Waals surface area contributed by atoms with Gasteiger partial charge in [0.1, 0.15) is 0 Å². The Morgan fingerprint density at radius 3 is 2.41 bits per heavy atom. The van der Waals surface area contributed by atoms with Gasteiger partial charge in [0.05, 0.1) is 0 Å². The van der Waals surface area contributed by atoms with Gasteiger partial charge in [0.25, 0.3) is 0 Å². The predicted octanol–water partition coefficient (Wildman–Crippen LogP) is 4.29. The van der Waals surface area contributed by atoms with Crippen molar-refractivity contribution in [2.75, 3.05) is 6.54 Å². The number of hydrogen-bond acceptors (Lipinski definition) is 1. The highest BCUT2D eigenvalue weighted by Crippen LogP contribution is 2.34. The van der Waals surface area contributed by atoms with Crippen LogP contribution in [0.5, 0.6) is 0 Å². The van der Waals surface area contributed by atoms with Crippen molar-refractivity contribution in [3.05, 3.63) is 11.6 Å². The summed E-state index contributed by atoms with van der Waals surface area (Å²) in [6.45, 7) is 5.89. The average Bonchev–Trinajstić information content (AvgIpc) is 3.18. The summed E-state index contributed by atoms with van der Waals surface area (Å²) in [4.78, 5) is 0. The van der Waals surface area contributed by atoms with Gasteiger partial charge in [0, 0.05) is 6.04 Å². The molecule has 0 heterocycles. The van der Waals surface area contributed by atoms with Crippen molar-refractivity contribution < 1.29 is 0 Å². The number of rotatable bonds is 6. The fourth-order valence-electron chi connectivity index (χ4n) is 3.07. The van der Waals surface area contributed by atoms with Crippen LogP contribution in [0.3, 0.4) is 0 Å². The molecule has 0 aliphatic heterocycles. The zero-order valence-corrected chi connectivity index (χ0v) is 11.7. The van der Waals surface area contributed by atoms with Gasteiger partial charge in [-0.25, -0.2) is 0 Å². The van der Waals surface area contributed by atoms with Crippen LogP contribution in [-0.2, 0) is 0 Å².